The van der Waals surface area contributed by atoms with Gasteiger partial charge < -0.3 is 9.47 Å². The molecule has 1 aliphatic rings. The molecule has 150 valence electrons. The Labute approximate surface area is 180 Å². The SMILES string of the molecule is C=CCN1C(=O)S/C(=C/c2cc(OC)c(OCc3ccc(F)cc3)cc2Br)C1=O. The second kappa shape index (κ2) is 9.28. The predicted octanol–water partition coefficient (Wildman–Crippen LogP) is 5.40. The van der Waals surface area contributed by atoms with Gasteiger partial charge in [-0.15, -0.1) is 6.58 Å². The van der Waals surface area contributed by atoms with Crippen LogP contribution in [-0.4, -0.2) is 29.7 Å². The van der Waals surface area contributed by atoms with Gasteiger partial charge in [0.1, 0.15) is 12.4 Å². The average molecular weight is 478 g/mol. The number of benzene rings is 2. The van der Waals surface area contributed by atoms with Crippen LogP contribution < -0.4 is 9.47 Å². The quantitative estimate of drug-likeness (QED) is 0.394. The molecule has 0 aromatic heterocycles. The fourth-order valence-electron chi connectivity index (χ4n) is 2.60. The molecule has 5 nitrogen and oxygen atoms in total. The van der Waals surface area contributed by atoms with Gasteiger partial charge in [0.05, 0.1) is 12.0 Å². The number of ether oxygens (including phenoxy) is 2. The molecular weight excluding hydrogens is 461 g/mol. The highest BCUT2D eigenvalue weighted by Gasteiger charge is 2.34. The van der Waals surface area contributed by atoms with E-state index in [4.69, 9.17) is 9.47 Å². The Morgan fingerprint density at radius 3 is 2.59 bits per heavy atom. The summed E-state index contributed by atoms with van der Waals surface area (Å²) in [7, 11) is 1.51. The first kappa shape index (κ1) is 21.1. The van der Waals surface area contributed by atoms with Gasteiger partial charge in [0.25, 0.3) is 11.1 Å². The lowest BCUT2D eigenvalue weighted by Gasteiger charge is -2.13. The van der Waals surface area contributed by atoms with Crippen molar-refractivity contribution in [1.82, 2.24) is 4.90 Å². The molecule has 1 saturated heterocycles. The van der Waals surface area contributed by atoms with Crippen molar-refractivity contribution >= 4 is 44.9 Å². The van der Waals surface area contributed by atoms with E-state index < -0.39 is 0 Å². The Hall–Kier alpha value is -2.58. The lowest BCUT2D eigenvalue weighted by molar-refractivity contribution is -0.122. The van der Waals surface area contributed by atoms with Crippen molar-refractivity contribution in [2.24, 2.45) is 0 Å². The van der Waals surface area contributed by atoms with Gasteiger partial charge in [0.2, 0.25) is 0 Å². The molecule has 2 aromatic rings. The summed E-state index contributed by atoms with van der Waals surface area (Å²) >= 11 is 4.35. The summed E-state index contributed by atoms with van der Waals surface area (Å²) in [5, 5.41) is -0.330. The van der Waals surface area contributed by atoms with Gasteiger partial charge in [-0.3, -0.25) is 14.5 Å². The summed E-state index contributed by atoms with van der Waals surface area (Å²) in [4.78, 5) is 25.8. The summed E-state index contributed by atoms with van der Waals surface area (Å²) in [6.45, 7) is 3.97. The fraction of sp³-hybridized carbons (Fsp3) is 0.143. The standard InChI is InChI=1S/C21H17BrFNO4S/c1-3-8-24-20(25)19(29-21(24)26)10-14-9-17(27-2)18(11-16(14)22)28-12-13-4-6-15(23)7-5-13/h3-7,9-11H,1,8,12H2,2H3/b19-10+. The third kappa shape index (κ3) is 4.89. The van der Waals surface area contributed by atoms with E-state index in [0.717, 1.165) is 22.2 Å². The third-order valence-electron chi connectivity index (χ3n) is 4.06. The number of carbonyl (C=O) groups is 2. The number of thioether (sulfide) groups is 1. The minimum absolute atomic E-state index is 0.169. The van der Waals surface area contributed by atoms with Crippen LogP contribution in [0.15, 0.2) is 58.4 Å². The van der Waals surface area contributed by atoms with Crippen LogP contribution in [-0.2, 0) is 11.4 Å². The Bertz CT molecular complexity index is 991. The molecule has 0 saturated carbocycles. The minimum atomic E-state index is -0.359. The number of amides is 2. The molecule has 2 aromatic carbocycles. The highest BCUT2D eigenvalue weighted by molar-refractivity contribution is 9.10. The number of methoxy groups -OCH3 is 1. The number of hydrogen-bond acceptors (Lipinski definition) is 5. The van der Waals surface area contributed by atoms with Gasteiger partial charge in [0, 0.05) is 11.0 Å². The minimum Gasteiger partial charge on any atom is -0.493 e. The number of carbonyl (C=O) groups excluding carboxylic acids is 2. The van der Waals surface area contributed by atoms with Crippen molar-refractivity contribution in [3.05, 3.63) is 75.4 Å². The molecule has 0 unspecified atom stereocenters. The van der Waals surface area contributed by atoms with Gasteiger partial charge in [-0.2, -0.15) is 0 Å². The summed E-state index contributed by atoms with van der Waals surface area (Å²) in [5.41, 5.74) is 1.48. The molecule has 1 aliphatic heterocycles. The summed E-state index contributed by atoms with van der Waals surface area (Å²) in [5.74, 6) is 0.283. The van der Waals surface area contributed by atoms with E-state index in [-0.39, 0.29) is 30.1 Å². The van der Waals surface area contributed by atoms with Crippen molar-refractivity contribution in [2.75, 3.05) is 13.7 Å². The number of hydrogen-bond donors (Lipinski definition) is 0. The Kier molecular flexibility index (Phi) is 6.76. The van der Waals surface area contributed by atoms with Crippen LogP contribution in [0.1, 0.15) is 11.1 Å². The first-order chi connectivity index (χ1) is 13.9. The molecule has 3 rings (SSSR count). The van der Waals surface area contributed by atoms with E-state index in [1.54, 1.807) is 30.3 Å². The summed E-state index contributed by atoms with van der Waals surface area (Å²) < 4.78 is 24.9. The molecule has 0 N–H and O–H groups in total. The maximum atomic E-state index is 13.0. The summed E-state index contributed by atoms with van der Waals surface area (Å²) in [6.07, 6.45) is 3.13. The maximum absolute atomic E-state index is 13.0. The molecule has 0 aliphatic carbocycles. The van der Waals surface area contributed by atoms with Crippen LogP contribution in [0.25, 0.3) is 6.08 Å². The normalized spacial score (nSPS) is 15.1. The number of nitrogens with zero attached hydrogens (tertiary/aromatic N) is 1. The van der Waals surface area contributed by atoms with Gasteiger partial charge in [-0.1, -0.05) is 34.1 Å². The number of imide groups is 1. The van der Waals surface area contributed by atoms with Crippen LogP contribution >= 0.6 is 27.7 Å². The second-order valence-electron chi connectivity index (χ2n) is 6.02. The Balaban J connectivity index is 1.83. The Morgan fingerprint density at radius 1 is 1.21 bits per heavy atom. The zero-order valence-electron chi connectivity index (χ0n) is 15.5. The first-order valence-electron chi connectivity index (χ1n) is 8.54. The maximum Gasteiger partial charge on any atom is 0.293 e. The number of halogens is 2. The molecule has 0 radical (unpaired) electrons. The van der Waals surface area contributed by atoms with Crippen molar-refractivity contribution in [1.29, 1.82) is 0 Å². The zero-order valence-corrected chi connectivity index (χ0v) is 17.9. The topological polar surface area (TPSA) is 55.8 Å². The van der Waals surface area contributed by atoms with Crippen LogP contribution in [0.3, 0.4) is 0 Å². The largest absolute Gasteiger partial charge is 0.493 e. The third-order valence-corrected chi connectivity index (χ3v) is 5.66. The van der Waals surface area contributed by atoms with Crippen molar-refractivity contribution in [2.45, 2.75) is 6.61 Å². The average Bonchev–Trinajstić information content (AvgIpc) is 2.97. The van der Waals surface area contributed by atoms with Gasteiger partial charge in [-0.25, -0.2) is 4.39 Å². The van der Waals surface area contributed by atoms with Crippen LogP contribution in [0.5, 0.6) is 11.5 Å². The molecule has 29 heavy (non-hydrogen) atoms. The van der Waals surface area contributed by atoms with Crippen molar-refractivity contribution in [3.63, 3.8) is 0 Å². The first-order valence-corrected chi connectivity index (χ1v) is 10.1. The van der Waals surface area contributed by atoms with Crippen LogP contribution in [0, 0.1) is 5.82 Å². The van der Waals surface area contributed by atoms with Crippen LogP contribution in [0.4, 0.5) is 9.18 Å². The molecule has 1 fully saturated rings. The molecule has 2 amide bonds. The Morgan fingerprint density at radius 2 is 1.93 bits per heavy atom. The van der Waals surface area contributed by atoms with Gasteiger partial charge in [-0.05, 0) is 53.2 Å². The predicted molar refractivity (Wildman–Crippen MR) is 114 cm³/mol. The van der Waals surface area contributed by atoms with Gasteiger partial charge >= 0.3 is 0 Å². The highest BCUT2D eigenvalue weighted by Crippen LogP contribution is 2.38. The molecular formula is C21H17BrFNO4S. The second-order valence-corrected chi connectivity index (χ2v) is 7.87. The highest BCUT2D eigenvalue weighted by atomic mass is 79.9. The molecule has 8 heteroatoms. The van der Waals surface area contributed by atoms with Crippen molar-refractivity contribution < 1.29 is 23.5 Å². The smallest absolute Gasteiger partial charge is 0.293 e. The lowest BCUT2D eigenvalue weighted by atomic mass is 10.1. The van der Waals surface area contributed by atoms with E-state index in [1.807, 2.05) is 0 Å². The molecule has 1 heterocycles. The van der Waals surface area contributed by atoms with Gasteiger partial charge in [0.15, 0.2) is 11.5 Å². The van der Waals surface area contributed by atoms with E-state index >= 15 is 0 Å². The van der Waals surface area contributed by atoms with E-state index in [9.17, 15) is 14.0 Å². The van der Waals surface area contributed by atoms with Crippen LogP contribution in [0.2, 0.25) is 0 Å². The van der Waals surface area contributed by atoms with E-state index in [2.05, 4.69) is 22.5 Å². The van der Waals surface area contributed by atoms with Crippen molar-refractivity contribution in [3.8, 4) is 11.5 Å². The zero-order chi connectivity index (χ0) is 21.0. The monoisotopic (exact) mass is 477 g/mol. The lowest BCUT2D eigenvalue weighted by Crippen LogP contribution is -2.27. The van der Waals surface area contributed by atoms with E-state index in [1.165, 1.54) is 25.3 Å². The van der Waals surface area contributed by atoms with E-state index in [0.29, 0.717) is 26.4 Å². The molecule has 0 bridgehead atoms. The fourth-order valence-corrected chi connectivity index (χ4v) is 3.88. The molecule has 0 spiro atoms. The molecule has 0 atom stereocenters. The summed E-state index contributed by atoms with van der Waals surface area (Å²) in [6, 6.07) is 9.46. The number of rotatable bonds is 7.